The van der Waals surface area contributed by atoms with Gasteiger partial charge in [-0.15, -0.1) is 11.6 Å². The average Bonchev–Trinajstić information content (AvgIpc) is 2.77. The summed E-state index contributed by atoms with van der Waals surface area (Å²) in [5.41, 5.74) is -0.550. The van der Waals surface area contributed by atoms with Gasteiger partial charge in [-0.05, 0) is 33.6 Å². The predicted octanol–water partition coefficient (Wildman–Crippen LogP) is 1.85. The van der Waals surface area contributed by atoms with Crippen molar-refractivity contribution in [2.24, 2.45) is 0 Å². The standard InChI is InChI=1S/C10H16ClNO3/c1-9(2,3)15-8(14)12-6-7(13)10(11)4-5-10/h4-6H2,1-3H3,(H,12,14). The third-order valence-corrected chi connectivity index (χ3v) is 2.57. The quantitative estimate of drug-likeness (QED) is 0.757. The van der Waals surface area contributed by atoms with Crippen LogP contribution in [0.5, 0.6) is 0 Å². The van der Waals surface area contributed by atoms with Gasteiger partial charge in [-0.2, -0.15) is 0 Å². The van der Waals surface area contributed by atoms with Crippen LogP contribution in [0.2, 0.25) is 0 Å². The van der Waals surface area contributed by atoms with E-state index in [-0.39, 0.29) is 12.3 Å². The minimum Gasteiger partial charge on any atom is -0.444 e. The Morgan fingerprint density at radius 3 is 2.33 bits per heavy atom. The summed E-state index contributed by atoms with van der Waals surface area (Å²) in [6.07, 6.45) is 0.809. The molecule has 0 aromatic heterocycles. The number of amides is 1. The first kappa shape index (κ1) is 12.3. The largest absolute Gasteiger partial charge is 0.444 e. The number of Topliss-reactive ketones (excluding diaryl/α,β-unsaturated/α-hetero) is 1. The summed E-state index contributed by atoms with van der Waals surface area (Å²) >= 11 is 5.87. The lowest BCUT2D eigenvalue weighted by atomic mass is 10.2. The number of carbonyl (C=O) groups excluding carboxylic acids is 2. The van der Waals surface area contributed by atoms with Crippen molar-refractivity contribution < 1.29 is 14.3 Å². The highest BCUT2D eigenvalue weighted by molar-refractivity contribution is 6.37. The molecule has 1 aliphatic rings. The van der Waals surface area contributed by atoms with Gasteiger partial charge in [-0.3, -0.25) is 4.79 Å². The molecule has 0 atom stereocenters. The Labute approximate surface area is 94.3 Å². The number of carbonyl (C=O) groups is 2. The summed E-state index contributed by atoms with van der Waals surface area (Å²) in [7, 11) is 0. The Morgan fingerprint density at radius 1 is 1.40 bits per heavy atom. The molecular weight excluding hydrogens is 218 g/mol. The van der Waals surface area contributed by atoms with Gasteiger partial charge < -0.3 is 10.1 Å². The Kier molecular flexibility index (Phi) is 3.28. The van der Waals surface area contributed by atoms with Crippen molar-refractivity contribution in [1.29, 1.82) is 0 Å². The zero-order chi connectivity index (χ0) is 11.7. The van der Waals surface area contributed by atoms with Gasteiger partial charge >= 0.3 is 6.09 Å². The fraction of sp³-hybridized carbons (Fsp3) is 0.800. The number of halogens is 1. The Morgan fingerprint density at radius 2 is 1.93 bits per heavy atom. The first-order valence-corrected chi connectivity index (χ1v) is 5.30. The predicted molar refractivity (Wildman–Crippen MR) is 57.1 cm³/mol. The zero-order valence-electron chi connectivity index (χ0n) is 9.22. The van der Waals surface area contributed by atoms with E-state index in [1.165, 1.54) is 0 Å². The molecule has 0 aromatic rings. The van der Waals surface area contributed by atoms with Crippen LogP contribution in [0.25, 0.3) is 0 Å². The summed E-state index contributed by atoms with van der Waals surface area (Å²) in [5.74, 6) is -0.143. The molecule has 0 spiro atoms. The van der Waals surface area contributed by atoms with E-state index in [9.17, 15) is 9.59 Å². The number of hydrogen-bond acceptors (Lipinski definition) is 3. The van der Waals surface area contributed by atoms with E-state index in [2.05, 4.69) is 5.32 Å². The van der Waals surface area contributed by atoms with Gasteiger partial charge in [0.25, 0.3) is 0 Å². The van der Waals surface area contributed by atoms with E-state index in [4.69, 9.17) is 16.3 Å². The van der Waals surface area contributed by atoms with Crippen molar-refractivity contribution in [2.45, 2.75) is 44.1 Å². The molecule has 0 saturated heterocycles. The summed E-state index contributed by atoms with van der Waals surface area (Å²) in [6.45, 7) is 5.23. The third-order valence-electron chi connectivity index (χ3n) is 1.98. The molecule has 1 saturated carbocycles. The maximum Gasteiger partial charge on any atom is 0.408 e. The van der Waals surface area contributed by atoms with Gasteiger partial charge in [0.2, 0.25) is 0 Å². The van der Waals surface area contributed by atoms with Crippen LogP contribution >= 0.6 is 11.6 Å². The number of hydrogen-bond donors (Lipinski definition) is 1. The van der Waals surface area contributed by atoms with Crippen LogP contribution in [-0.2, 0) is 9.53 Å². The number of rotatable bonds is 3. The monoisotopic (exact) mass is 233 g/mol. The zero-order valence-corrected chi connectivity index (χ0v) is 9.98. The summed E-state index contributed by atoms with van der Waals surface area (Å²) in [6, 6.07) is 0. The first-order valence-electron chi connectivity index (χ1n) is 4.92. The molecule has 1 aliphatic carbocycles. The van der Waals surface area contributed by atoms with Crippen molar-refractivity contribution in [2.75, 3.05) is 6.54 Å². The van der Waals surface area contributed by atoms with Crippen molar-refractivity contribution in [1.82, 2.24) is 5.32 Å². The second kappa shape index (κ2) is 4.00. The summed E-state index contributed by atoms with van der Waals surface area (Å²) in [4.78, 5) is 21.9. The van der Waals surface area contributed by atoms with Gasteiger partial charge in [0.15, 0.2) is 5.78 Å². The molecule has 4 nitrogen and oxygen atoms in total. The Balaban J connectivity index is 2.25. The van der Waals surface area contributed by atoms with Crippen molar-refractivity contribution >= 4 is 23.5 Å². The molecule has 0 bridgehead atoms. The number of ether oxygens (including phenoxy) is 1. The van der Waals surface area contributed by atoms with E-state index in [0.717, 1.165) is 0 Å². The maximum atomic E-state index is 11.4. The number of alkyl halides is 1. The molecule has 5 heteroatoms. The fourth-order valence-corrected chi connectivity index (χ4v) is 1.17. The first-order chi connectivity index (χ1) is 6.73. The van der Waals surface area contributed by atoms with E-state index < -0.39 is 16.6 Å². The number of alkyl carbamates (subject to hydrolysis) is 1. The highest BCUT2D eigenvalue weighted by atomic mass is 35.5. The van der Waals surface area contributed by atoms with Gasteiger partial charge in [0, 0.05) is 0 Å². The topological polar surface area (TPSA) is 55.4 Å². The number of ketones is 1. The van der Waals surface area contributed by atoms with Gasteiger partial charge in [0.1, 0.15) is 10.5 Å². The lowest BCUT2D eigenvalue weighted by Crippen LogP contribution is -2.38. The molecule has 15 heavy (non-hydrogen) atoms. The average molecular weight is 234 g/mol. The smallest absolute Gasteiger partial charge is 0.408 e. The molecular formula is C10H16ClNO3. The molecule has 1 rings (SSSR count). The second-order valence-corrected chi connectivity index (χ2v) is 5.47. The van der Waals surface area contributed by atoms with Crippen LogP contribution in [-0.4, -0.2) is 28.9 Å². The van der Waals surface area contributed by atoms with Crippen LogP contribution in [0.1, 0.15) is 33.6 Å². The van der Waals surface area contributed by atoms with Crippen LogP contribution in [0.4, 0.5) is 4.79 Å². The van der Waals surface area contributed by atoms with Gasteiger partial charge in [0.05, 0.1) is 6.54 Å². The lowest BCUT2D eigenvalue weighted by molar-refractivity contribution is -0.118. The normalized spacial score (nSPS) is 18.1. The molecule has 0 heterocycles. The number of nitrogens with one attached hydrogen (secondary N) is 1. The van der Waals surface area contributed by atoms with E-state index in [1.807, 2.05) is 0 Å². The maximum absolute atomic E-state index is 11.4. The molecule has 0 aliphatic heterocycles. The molecule has 86 valence electrons. The van der Waals surface area contributed by atoms with Crippen molar-refractivity contribution in [3.63, 3.8) is 0 Å². The molecule has 1 fully saturated rings. The van der Waals surface area contributed by atoms with Crippen LogP contribution in [0.15, 0.2) is 0 Å². The SMILES string of the molecule is CC(C)(C)OC(=O)NCC(=O)C1(Cl)CC1. The van der Waals surface area contributed by atoms with Gasteiger partial charge in [-0.1, -0.05) is 0 Å². The second-order valence-electron chi connectivity index (χ2n) is 4.74. The lowest BCUT2D eigenvalue weighted by Gasteiger charge is -2.19. The highest BCUT2D eigenvalue weighted by Gasteiger charge is 2.47. The Hall–Kier alpha value is -0.770. The molecule has 1 amide bonds. The molecule has 1 N–H and O–H groups in total. The van der Waals surface area contributed by atoms with E-state index in [1.54, 1.807) is 20.8 Å². The van der Waals surface area contributed by atoms with Crippen LogP contribution < -0.4 is 5.32 Å². The van der Waals surface area contributed by atoms with Crippen molar-refractivity contribution in [3.05, 3.63) is 0 Å². The van der Waals surface area contributed by atoms with Crippen LogP contribution in [0.3, 0.4) is 0 Å². The Bertz CT molecular complexity index is 279. The third kappa shape index (κ3) is 4.08. The molecule has 0 radical (unpaired) electrons. The van der Waals surface area contributed by atoms with E-state index in [0.29, 0.717) is 12.8 Å². The highest BCUT2D eigenvalue weighted by Crippen LogP contribution is 2.43. The summed E-state index contributed by atoms with van der Waals surface area (Å²) < 4.78 is 4.98. The van der Waals surface area contributed by atoms with E-state index >= 15 is 0 Å². The fourth-order valence-electron chi connectivity index (χ4n) is 1.01. The van der Waals surface area contributed by atoms with Crippen molar-refractivity contribution in [3.8, 4) is 0 Å². The molecule has 0 unspecified atom stereocenters. The minimum absolute atomic E-state index is 0.0571. The minimum atomic E-state index is -0.713. The summed E-state index contributed by atoms with van der Waals surface area (Å²) in [5, 5.41) is 2.39. The van der Waals surface area contributed by atoms with Gasteiger partial charge in [-0.25, -0.2) is 4.79 Å². The molecule has 0 aromatic carbocycles. The van der Waals surface area contributed by atoms with Crippen LogP contribution in [0, 0.1) is 0 Å².